The van der Waals surface area contributed by atoms with E-state index in [0.29, 0.717) is 11.1 Å². The van der Waals surface area contributed by atoms with Crippen molar-refractivity contribution in [2.45, 2.75) is 25.7 Å². The van der Waals surface area contributed by atoms with Crippen molar-refractivity contribution in [3.05, 3.63) is 91.9 Å². The molecule has 0 bridgehead atoms. The van der Waals surface area contributed by atoms with Crippen LogP contribution in [0.15, 0.2) is 80.8 Å². The quantitative estimate of drug-likeness (QED) is 0.334. The van der Waals surface area contributed by atoms with Crippen molar-refractivity contribution < 1.29 is 19.1 Å². The normalized spacial score (nSPS) is 18.3. The molecule has 0 amide bonds. The van der Waals surface area contributed by atoms with Gasteiger partial charge in [-0.05, 0) is 49.2 Å². The fourth-order valence-electron chi connectivity index (χ4n) is 3.54. The predicted octanol–water partition coefficient (Wildman–Crippen LogP) is 6.07. The van der Waals surface area contributed by atoms with Gasteiger partial charge in [-0.1, -0.05) is 68.3 Å². The summed E-state index contributed by atoms with van der Waals surface area (Å²) in [5, 5.41) is 0. The third kappa shape index (κ3) is 4.93. The van der Waals surface area contributed by atoms with Gasteiger partial charge in [-0.25, -0.2) is 9.59 Å². The Morgan fingerprint density at radius 2 is 1.03 bits per heavy atom. The number of ether oxygens (including phenoxy) is 2. The number of halogens is 2. The van der Waals surface area contributed by atoms with E-state index in [-0.39, 0.29) is 13.2 Å². The van der Waals surface area contributed by atoms with Crippen LogP contribution in [-0.4, -0.2) is 25.2 Å². The summed E-state index contributed by atoms with van der Waals surface area (Å²) in [5.41, 5.74) is 2.45. The van der Waals surface area contributed by atoms with Gasteiger partial charge in [0.15, 0.2) is 0 Å². The molecule has 2 aromatic carbocycles. The molecule has 0 aromatic heterocycles. The van der Waals surface area contributed by atoms with Gasteiger partial charge in [-0.15, -0.1) is 0 Å². The Morgan fingerprint density at radius 1 is 0.700 bits per heavy atom. The van der Waals surface area contributed by atoms with Crippen molar-refractivity contribution in [1.29, 1.82) is 0 Å². The van der Waals surface area contributed by atoms with Crippen LogP contribution in [0.5, 0.6) is 0 Å². The van der Waals surface area contributed by atoms with Crippen molar-refractivity contribution in [3.8, 4) is 0 Å². The molecule has 0 unspecified atom stereocenters. The summed E-state index contributed by atoms with van der Waals surface area (Å²) in [5.74, 6) is -1.80. The van der Waals surface area contributed by atoms with Crippen molar-refractivity contribution in [1.82, 2.24) is 0 Å². The van der Waals surface area contributed by atoms with E-state index < -0.39 is 23.8 Å². The highest BCUT2D eigenvalue weighted by Crippen LogP contribution is 2.42. The molecule has 0 aliphatic heterocycles. The Labute approximate surface area is 193 Å². The first-order chi connectivity index (χ1) is 14.5. The van der Waals surface area contributed by atoms with E-state index in [0.717, 1.165) is 20.1 Å². The molecule has 4 nitrogen and oxygen atoms in total. The molecule has 156 valence electrons. The fraction of sp³-hybridized carbons (Fsp3) is 0.250. The molecule has 1 aliphatic carbocycles. The zero-order chi connectivity index (χ0) is 21.7. The lowest BCUT2D eigenvalue weighted by Gasteiger charge is -2.28. The average Bonchev–Trinajstić information content (AvgIpc) is 2.74. The standard InChI is InChI=1S/C24H22Br2O4/c1-3-29-23(27)21-19(15-5-9-17(25)10-6-15)13-14-20(22(21)24(28)30-4-2)16-7-11-18(26)12-8-16/h5-14,19-20H,3-4H2,1-2H3/t19-,20+. The number of carbonyl (C=O) groups excluding carboxylic acids is 2. The second kappa shape index (κ2) is 10.2. The second-order valence-corrected chi connectivity index (χ2v) is 8.54. The van der Waals surface area contributed by atoms with Gasteiger partial charge in [-0.3, -0.25) is 0 Å². The highest BCUT2D eigenvalue weighted by Gasteiger charge is 2.37. The van der Waals surface area contributed by atoms with E-state index in [1.54, 1.807) is 13.8 Å². The van der Waals surface area contributed by atoms with Gasteiger partial charge in [-0.2, -0.15) is 0 Å². The minimum Gasteiger partial charge on any atom is -0.463 e. The Hall–Kier alpha value is -2.18. The summed E-state index contributed by atoms with van der Waals surface area (Å²) >= 11 is 6.88. The van der Waals surface area contributed by atoms with Crippen molar-refractivity contribution in [3.63, 3.8) is 0 Å². The van der Waals surface area contributed by atoms with Gasteiger partial charge in [0.25, 0.3) is 0 Å². The van der Waals surface area contributed by atoms with E-state index in [4.69, 9.17) is 9.47 Å². The number of hydrogen-bond donors (Lipinski definition) is 0. The molecule has 0 spiro atoms. The van der Waals surface area contributed by atoms with Crippen LogP contribution in [0.4, 0.5) is 0 Å². The summed E-state index contributed by atoms with van der Waals surface area (Å²) in [6.45, 7) is 3.94. The molecular weight excluding hydrogens is 512 g/mol. The SMILES string of the molecule is CCOC(=O)C1=C(C(=O)OCC)[C@@H](c2ccc(Br)cc2)C=C[C@H]1c1ccc(Br)cc1. The number of esters is 2. The van der Waals surface area contributed by atoms with Gasteiger partial charge in [0.2, 0.25) is 0 Å². The summed E-state index contributed by atoms with van der Waals surface area (Å²) in [4.78, 5) is 26.1. The van der Waals surface area contributed by atoms with Crippen LogP contribution in [0, 0.1) is 0 Å². The molecule has 30 heavy (non-hydrogen) atoms. The van der Waals surface area contributed by atoms with Crippen LogP contribution in [0.1, 0.15) is 36.8 Å². The summed E-state index contributed by atoms with van der Waals surface area (Å²) in [6.07, 6.45) is 3.93. The van der Waals surface area contributed by atoms with Crippen LogP contribution >= 0.6 is 31.9 Å². The number of hydrogen-bond acceptors (Lipinski definition) is 4. The lowest BCUT2D eigenvalue weighted by Crippen LogP contribution is -2.26. The van der Waals surface area contributed by atoms with Gasteiger partial charge < -0.3 is 9.47 Å². The molecule has 1 aliphatic rings. The number of carbonyl (C=O) groups is 2. The highest BCUT2D eigenvalue weighted by atomic mass is 79.9. The van der Waals surface area contributed by atoms with Crippen LogP contribution < -0.4 is 0 Å². The maximum atomic E-state index is 13.1. The molecule has 3 rings (SSSR count). The lowest BCUT2D eigenvalue weighted by molar-refractivity contribution is -0.142. The second-order valence-electron chi connectivity index (χ2n) is 6.71. The number of rotatable bonds is 6. The topological polar surface area (TPSA) is 52.6 Å². The van der Waals surface area contributed by atoms with Gasteiger partial charge in [0.1, 0.15) is 0 Å². The highest BCUT2D eigenvalue weighted by molar-refractivity contribution is 9.10. The third-order valence-corrected chi connectivity index (χ3v) is 5.91. The first-order valence-electron chi connectivity index (χ1n) is 9.73. The minimum atomic E-state index is -0.500. The van der Waals surface area contributed by atoms with E-state index in [9.17, 15) is 9.59 Å². The average molecular weight is 534 g/mol. The van der Waals surface area contributed by atoms with E-state index in [1.807, 2.05) is 60.7 Å². The molecule has 0 N–H and O–H groups in total. The molecule has 0 saturated carbocycles. The van der Waals surface area contributed by atoms with E-state index in [2.05, 4.69) is 31.9 Å². The largest absolute Gasteiger partial charge is 0.463 e. The van der Waals surface area contributed by atoms with Gasteiger partial charge in [0, 0.05) is 20.8 Å². The number of allylic oxidation sites excluding steroid dienone is 2. The Morgan fingerprint density at radius 3 is 1.33 bits per heavy atom. The summed E-state index contributed by atoms with van der Waals surface area (Å²) in [7, 11) is 0. The molecule has 0 heterocycles. The molecule has 0 fully saturated rings. The molecule has 0 saturated heterocycles. The Kier molecular flexibility index (Phi) is 7.67. The van der Waals surface area contributed by atoms with Crippen LogP contribution in [-0.2, 0) is 19.1 Å². The monoisotopic (exact) mass is 532 g/mol. The smallest absolute Gasteiger partial charge is 0.335 e. The van der Waals surface area contributed by atoms with Crippen molar-refractivity contribution in [2.24, 2.45) is 0 Å². The molecule has 6 heteroatoms. The van der Waals surface area contributed by atoms with Crippen LogP contribution in [0.3, 0.4) is 0 Å². The van der Waals surface area contributed by atoms with E-state index in [1.165, 1.54) is 0 Å². The minimum absolute atomic E-state index is 0.220. The lowest BCUT2D eigenvalue weighted by atomic mass is 9.76. The first kappa shape index (κ1) is 22.5. The third-order valence-electron chi connectivity index (χ3n) is 4.86. The fourth-order valence-corrected chi connectivity index (χ4v) is 4.07. The van der Waals surface area contributed by atoms with Crippen molar-refractivity contribution >= 4 is 43.8 Å². The molecule has 2 atom stereocenters. The van der Waals surface area contributed by atoms with E-state index >= 15 is 0 Å². The molecule has 2 aromatic rings. The maximum absolute atomic E-state index is 13.1. The molecule has 0 radical (unpaired) electrons. The Balaban J connectivity index is 2.19. The zero-order valence-corrected chi connectivity index (χ0v) is 19.9. The summed E-state index contributed by atoms with van der Waals surface area (Å²) in [6, 6.07) is 15.4. The first-order valence-corrected chi connectivity index (χ1v) is 11.3. The predicted molar refractivity (Wildman–Crippen MR) is 123 cm³/mol. The van der Waals surface area contributed by atoms with Crippen LogP contribution in [0.25, 0.3) is 0 Å². The summed E-state index contributed by atoms with van der Waals surface area (Å²) < 4.78 is 12.6. The zero-order valence-electron chi connectivity index (χ0n) is 16.7. The van der Waals surface area contributed by atoms with Crippen LogP contribution in [0.2, 0.25) is 0 Å². The maximum Gasteiger partial charge on any atom is 0.335 e. The van der Waals surface area contributed by atoms with Gasteiger partial charge >= 0.3 is 11.9 Å². The van der Waals surface area contributed by atoms with Gasteiger partial charge in [0.05, 0.1) is 24.4 Å². The molecular formula is C24H22Br2O4. The Bertz CT molecular complexity index is 896. The number of benzene rings is 2. The van der Waals surface area contributed by atoms with Crippen molar-refractivity contribution in [2.75, 3.05) is 13.2 Å².